The molecule has 1 N–H and O–H groups in total. The maximum Gasteiger partial charge on any atom is 0.408 e. The number of hydrogen-bond donors (Lipinski definition) is 1. The molecule has 0 saturated carbocycles. The Morgan fingerprint density at radius 3 is 2.34 bits per heavy atom. The highest BCUT2D eigenvalue weighted by molar-refractivity contribution is 5.96. The molecule has 2 aromatic heterocycles. The van der Waals surface area contributed by atoms with E-state index in [9.17, 15) is 18.0 Å². The fourth-order valence-corrected chi connectivity index (χ4v) is 3.58. The van der Waals surface area contributed by atoms with Crippen LogP contribution in [0.4, 0.5) is 13.2 Å². The number of ether oxygens (including phenoxy) is 2. The third kappa shape index (κ3) is 7.25. The van der Waals surface area contributed by atoms with E-state index in [-0.39, 0.29) is 54.7 Å². The van der Waals surface area contributed by atoms with Gasteiger partial charge in [0.25, 0.3) is 0 Å². The molecule has 13 heteroatoms. The lowest BCUT2D eigenvalue weighted by Crippen LogP contribution is -2.30. The average molecular weight is 560 g/mol. The second-order valence-corrected chi connectivity index (χ2v) is 9.60. The van der Waals surface area contributed by atoms with Gasteiger partial charge in [0, 0.05) is 16.7 Å². The summed E-state index contributed by atoms with van der Waals surface area (Å²) in [5, 5.41) is 17.8. The van der Waals surface area contributed by atoms with E-state index in [0.29, 0.717) is 29.0 Å². The minimum absolute atomic E-state index is 0. The molecule has 0 fully saturated rings. The van der Waals surface area contributed by atoms with Gasteiger partial charge in [-0.3, -0.25) is 4.79 Å². The van der Waals surface area contributed by atoms with Crippen molar-refractivity contribution in [1.82, 2.24) is 19.4 Å². The summed E-state index contributed by atoms with van der Waals surface area (Å²) in [7, 11) is 0. The van der Waals surface area contributed by atoms with Crippen molar-refractivity contribution in [3.63, 3.8) is 0 Å². The molecule has 0 atom stereocenters. The highest BCUT2D eigenvalue weighted by Crippen LogP contribution is 2.28. The number of carbonyl (C=O) groups is 1. The third-order valence-corrected chi connectivity index (χ3v) is 5.67. The van der Waals surface area contributed by atoms with Crippen LogP contribution in [0.25, 0.3) is 5.65 Å². The van der Waals surface area contributed by atoms with Gasteiger partial charge in [0.2, 0.25) is 11.5 Å². The van der Waals surface area contributed by atoms with Gasteiger partial charge >= 0.3 is 6.18 Å². The molecule has 0 saturated heterocycles. The largest absolute Gasteiger partial charge is 0.491 e. The van der Waals surface area contributed by atoms with Crippen LogP contribution in [-0.4, -0.2) is 62.8 Å². The summed E-state index contributed by atoms with van der Waals surface area (Å²) in [6, 6.07) is 5.05. The van der Waals surface area contributed by atoms with Crippen molar-refractivity contribution in [2.24, 2.45) is 4.99 Å². The van der Waals surface area contributed by atoms with E-state index in [1.165, 1.54) is 10.6 Å². The molecule has 9 nitrogen and oxygen atoms in total. The van der Waals surface area contributed by atoms with Crippen LogP contribution < -0.4 is 15.1 Å². The van der Waals surface area contributed by atoms with E-state index < -0.39 is 18.5 Å². The Morgan fingerprint density at radius 1 is 1.08 bits per heavy atom. The number of ketones is 1. The first kappa shape index (κ1) is 31.1. The lowest BCUT2D eigenvalue weighted by molar-refractivity contribution is -0.118. The average Bonchev–Trinajstić information content (AvgIpc) is 3.15. The Balaban J connectivity index is 0.00000507. The Bertz CT molecular complexity index is 1360. The molecule has 0 aliphatic heterocycles. The first-order valence-electron chi connectivity index (χ1n) is 11.8. The van der Waals surface area contributed by atoms with Crippen LogP contribution in [0, 0.1) is 13.8 Å². The van der Waals surface area contributed by atoms with Crippen LogP contribution in [0.1, 0.15) is 54.7 Å². The molecule has 0 spiro atoms. The first-order valence-corrected chi connectivity index (χ1v) is 11.8. The van der Waals surface area contributed by atoms with E-state index >= 15 is 0 Å². The summed E-state index contributed by atoms with van der Waals surface area (Å²) in [5.41, 5.74) is 2.17. The van der Waals surface area contributed by atoms with Gasteiger partial charge in [-0.2, -0.15) is 17.7 Å². The van der Waals surface area contributed by atoms with Gasteiger partial charge in [0.1, 0.15) is 25.4 Å². The van der Waals surface area contributed by atoms with Gasteiger partial charge in [0.05, 0.1) is 13.2 Å². The molecule has 1 aromatic carbocycles. The normalized spacial score (nSPS) is 12.5. The van der Waals surface area contributed by atoms with Gasteiger partial charge in [-0.25, -0.2) is 9.67 Å². The molecule has 0 amide bonds. The lowest BCUT2D eigenvalue weighted by Gasteiger charge is -2.21. The van der Waals surface area contributed by atoms with Crippen LogP contribution in [0.15, 0.2) is 23.2 Å². The molecule has 210 valence electrons. The Kier molecular flexibility index (Phi) is 9.95. The highest BCUT2D eigenvalue weighted by Gasteiger charge is 2.27. The molecule has 0 radical (unpaired) electrons. The van der Waals surface area contributed by atoms with Crippen LogP contribution in [0.2, 0.25) is 0 Å². The van der Waals surface area contributed by atoms with E-state index in [1.54, 1.807) is 32.9 Å². The SMILES string of the molecule is CCOc1nn2/c(=N/CC(F)(F)F)n(CC(=O)c3cc(OCCO)cc(C(C)(C)C)c3)nc2c(C)c1C.Cl. The fourth-order valence-electron chi connectivity index (χ4n) is 3.58. The van der Waals surface area contributed by atoms with E-state index in [0.717, 1.165) is 10.2 Å². The number of aromatic nitrogens is 4. The molecular formula is C25H33ClF3N5O4. The van der Waals surface area contributed by atoms with Crippen molar-refractivity contribution < 1.29 is 32.5 Å². The Hall–Kier alpha value is -3.12. The van der Waals surface area contributed by atoms with Crippen molar-refractivity contribution in [3.8, 4) is 11.6 Å². The van der Waals surface area contributed by atoms with Gasteiger partial charge < -0.3 is 14.6 Å². The van der Waals surface area contributed by atoms with E-state index in [2.05, 4.69) is 15.2 Å². The fraction of sp³-hybridized carbons (Fsp3) is 0.520. The van der Waals surface area contributed by atoms with Crippen LogP contribution >= 0.6 is 12.4 Å². The number of aliphatic hydroxyl groups is 1. The summed E-state index contributed by atoms with van der Waals surface area (Å²) in [6.45, 7) is 9.54. The third-order valence-electron chi connectivity index (χ3n) is 5.67. The lowest BCUT2D eigenvalue weighted by atomic mass is 9.85. The molecule has 38 heavy (non-hydrogen) atoms. The van der Waals surface area contributed by atoms with Gasteiger partial charge in [-0.05, 0) is 49.9 Å². The zero-order valence-corrected chi connectivity index (χ0v) is 23.0. The van der Waals surface area contributed by atoms with Crippen molar-refractivity contribution in [2.45, 2.75) is 59.7 Å². The summed E-state index contributed by atoms with van der Waals surface area (Å²) in [5.74, 6) is 0.243. The quantitative estimate of drug-likeness (QED) is 0.398. The van der Waals surface area contributed by atoms with Crippen molar-refractivity contribution in [1.29, 1.82) is 0 Å². The molecular weight excluding hydrogens is 527 g/mol. The van der Waals surface area contributed by atoms with Crippen LogP contribution in [0.3, 0.4) is 0 Å². The maximum absolute atomic E-state index is 13.4. The van der Waals surface area contributed by atoms with Crippen LogP contribution in [0.5, 0.6) is 11.6 Å². The van der Waals surface area contributed by atoms with E-state index in [4.69, 9.17) is 14.6 Å². The molecule has 0 unspecified atom stereocenters. The zero-order valence-electron chi connectivity index (χ0n) is 22.2. The van der Waals surface area contributed by atoms with Crippen LogP contribution in [-0.2, 0) is 12.0 Å². The van der Waals surface area contributed by atoms with E-state index in [1.807, 2.05) is 20.8 Å². The second kappa shape index (κ2) is 12.2. The Labute approximate surface area is 224 Å². The first-order chi connectivity index (χ1) is 17.2. The maximum atomic E-state index is 13.4. The number of nitrogens with zero attached hydrogens (tertiary/aromatic N) is 5. The highest BCUT2D eigenvalue weighted by atomic mass is 35.5. The molecule has 0 aliphatic carbocycles. The monoisotopic (exact) mass is 559 g/mol. The summed E-state index contributed by atoms with van der Waals surface area (Å²) >= 11 is 0. The number of rotatable bonds is 9. The number of benzene rings is 1. The number of Topliss-reactive ketones (excluding diaryl/α,β-unsaturated/α-hetero) is 1. The van der Waals surface area contributed by atoms with Crippen molar-refractivity contribution in [2.75, 3.05) is 26.4 Å². The number of alkyl halides is 3. The van der Waals surface area contributed by atoms with Crippen molar-refractivity contribution >= 4 is 23.8 Å². The predicted molar refractivity (Wildman–Crippen MR) is 137 cm³/mol. The smallest absolute Gasteiger partial charge is 0.408 e. The standard InChI is InChI=1S/C25H32F3N5O4.ClH/c1-7-36-22-16(3)15(2)21-30-32(23(33(21)31-22)29-14-25(26,27)28)13-20(35)17-10-18(24(4,5)6)12-19(11-17)37-9-8-34;/h10-12,34H,7-9,13-14H2,1-6H3;1H/b29-23+;. The van der Waals surface area contributed by atoms with Gasteiger partial charge in [-0.1, -0.05) is 20.8 Å². The number of hydrogen-bond acceptors (Lipinski definition) is 7. The van der Waals surface area contributed by atoms with Gasteiger partial charge in [0.15, 0.2) is 11.4 Å². The number of aliphatic hydroxyl groups excluding tert-OH is 1. The summed E-state index contributed by atoms with van der Waals surface area (Å²) in [6.07, 6.45) is -4.56. The molecule has 3 aromatic rings. The number of fused-ring (bicyclic) bond motifs is 1. The number of carbonyl (C=O) groups excluding carboxylic acids is 1. The summed E-state index contributed by atoms with van der Waals surface area (Å²) < 4.78 is 52.6. The van der Waals surface area contributed by atoms with Gasteiger partial charge in [-0.15, -0.1) is 22.6 Å². The minimum Gasteiger partial charge on any atom is -0.491 e. The Morgan fingerprint density at radius 2 is 1.76 bits per heavy atom. The molecule has 2 heterocycles. The summed E-state index contributed by atoms with van der Waals surface area (Å²) in [4.78, 5) is 17.1. The zero-order chi connectivity index (χ0) is 27.5. The molecule has 0 bridgehead atoms. The molecule has 0 aliphatic rings. The van der Waals surface area contributed by atoms with Crippen molar-refractivity contribution in [3.05, 3.63) is 46.1 Å². The number of halogens is 4. The number of aryl methyl sites for hydroxylation is 1. The topological polar surface area (TPSA) is 103 Å². The minimum atomic E-state index is -4.56. The predicted octanol–water partition coefficient (Wildman–Crippen LogP) is 3.98. The molecule has 3 rings (SSSR count). The second-order valence-electron chi connectivity index (χ2n) is 9.60.